The Morgan fingerprint density at radius 3 is 2.04 bits per heavy atom. The molecular weight excluding hydrogens is 927 g/mol. The van der Waals surface area contributed by atoms with Crippen LogP contribution in [0.15, 0.2) is 73.3 Å². The quantitative estimate of drug-likeness (QED) is 0.0809. The topological polar surface area (TPSA) is 241 Å². The highest BCUT2D eigenvalue weighted by Crippen LogP contribution is 2.31. The number of rotatable bonds is 25. The minimum absolute atomic E-state index is 0.0145. The van der Waals surface area contributed by atoms with Crippen molar-refractivity contribution in [2.24, 2.45) is 23.7 Å². The summed E-state index contributed by atoms with van der Waals surface area (Å²) in [6.07, 6.45) is 3.31. The maximum atomic E-state index is 14.8. The van der Waals surface area contributed by atoms with Gasteiger partial charge in [-0.25, -0.2) is 9.69 Å². The van der Waals surface area contributed by atoms with Crippen LogP contribution in [0.3, 0.4) is 0 Å². The third-order valence-corrected chi connectivity index (χ3v) is 13.7. The third-order valence-electron chi connectivity index (χ3n) is 13.7. The zero-order valence-corrected chi connectivity index (χ0v) is 43.4. The summed E-state index contributed by atoms with van der Waals surface area (Å²) in [7, 11) is 5.95. The first-order chi connectivity index (χ1) is 34.0. The van der Waals surface area contributed by atoms with Crippen molar-refractivity contribution in [1.29, 1.82) is 0 Å². The smallest absolute Gasteiger partial charge is 0.326 e. The Morgan fingerprint density at radius 1 is 0.861 bits per heavy atom. The predicted octanol–water partition coefficient (Wildman–Crippen LogP) is 4.21. The highest BCUT2D eigenvalue weighted by Gasteiger charge is 2.44. The third kappa shape index (κ3) is 14.0. The number of likely N-dealkylation sites (tertiary alicyclic amines) is 1. The Kier molecular flexibility index (Phi) is 21.0. The lowest BCUT2D eigenvalue weighted by Crippen LogP contribution is -2.60. The fraction of sp³-hybridized carbons (Fsp3) is 0.528. The molecular formula is C53H73N7O12. The largest absolute Gasteiger partial charge is 0.480 e. The van der Waals surface area contributed by atoms with Gasteiger partial charge in [0, 0.05) is 64.7 Å². The van der Waals surface area contributed by atoms with E-state index in [2.05, 4.69) is 22.5 Å². The Labute approximate surface area is 422 Å². The minimum atomic E-state index is -1.18. The number of likely N-dealkylation sites (N-methyl/N-ethyl adjacent to an activating group) is 2. The molecule has 2 aromatic rings. The Balaban J connectivity index is 1.54. The summed E-state index contributed by atoms with van der Waals surface area (Å²) in [5, 5.41) is 18.1. The summed E-state index contributed by atoms with van der Waals surface area (Å²) in [4.78, 5) is 127. The number of carboxylic acids is 1. The monoisotopic (exact) mass is 1000 g/mol. The van der Waals surface area contributed by atoms with Gasteiger partial charge in [-0.2, -0.15) is 0 Å². The molecule has 0 radical (unpaired) electrons. The van der Waals surface area contributed by atoms with Gasteiger partial charge in [0.25, 0.3) is 17.7 Å². The summed E-state index contributed by atoms with van der Waals surface area (Å²) < 4.78 is 11.9. The highest BCUT2D eigenvalue weighted by atomic mass is 16.5. The van der Waals surface area contributed by atoms with Gasteiger partial charge in [-0.05, 0) is 60.4 Å². The van der Waals surface area contributed by atoms with E-state index in [0.717, 1.165) is 28.7 Å². The number of nitrogens with zero attached hydrogens (tertiary/aromatic N) is 4. The Morgan fingerprint density at radius 2 is 1.50 bits per heavy atom. The molecule has 19 nitrogen and oxygen atoms in total. The second-order valence-electron chi connectivity index (χ2n) is 19.3. The van der Waals surface area contributed by atoms with Crippen LogP contribution in [0.1, 0.15) is 90.1 Å². The lowest BCUT2D eigenvalue weighted by molar-refractivity contribution is -0.148. The molecule has 0 spiro atoms. The van der Waals surface area contributed by atoms with E-state index in [1.807, 2.05) is 19.9 Å². The molecule has 4 N–H and O–H groups in total. The van der Waals surface area contributed by atoms with Crippen molar-refractivity contribution in [2.75, 3.05) is 45.1 Å². The Hall–Kier alpha value is -6.73. The molecule has 392 valence electrons. The van der Waals surface area contributed by atoms with E-state index >= 15 is 0 Å². The van der Waals surface area contributed by atoms with Crippen LogP contribution in [-0.4, -0.2) is 150 Å². The molecule has 2 aliphatic rings. The number of benzene rings is 2. The predicted molar refractivity (Wildman–Crippen MR) is 270 cm³/mol. The molecule has 9 atom stereocenters. The summed E-state index contributed by atoms with van der Waals surface area (Å²) in [5.41, 5.74) is 0.805. The number of nitrogens with one attached hydrogen (secondary N) is 3. The van der Waals surface area contributed by atoms with Gasteiger partial charge in [0.2, 0.25) is 29.5 Å². The normalized spacial score (nSPS) is 17.9. The summed E-state index contributed by atoms with van der Waals surface area (Å²) in [6.45, 7) is 16.4. The number of aliphatic carboxylic acids is 1. The molecule has 19 heteroatoms. The SMILES string of the molecule is C=CC(=O)Nc1cc(C(=O)N(C)C(C(=O)N[C@H](C(=O)N(C)C([C@@H](C)CC)[C@@H](CC(=O)N2CCC[C@H]2[C@H](OC)[C@@H](C)C(=O)N[C@@H](Cc2ccccc2)C(=O)O)OC)C(C)C)C(C)C)cc(N2C(=O)C=CC2=O)c1. The van der Waals surface area contributed by atoms with Crippen LogP contribution < -0.4 is 20.9 Å². The van der Waals surface area contributed by atoms with Crippen molar-refractivity contribution in [3.05, 3.63) is 84.5 Å². The van der Waals surface area contributed by atoms with Gasteiger partial charge in [0.1, 0.15) is 18.1 Å². The fourth-order valence-electron chi connectivity index (χ4n) is 9.67. The van der Waals surface area contributed by atoms with Gasteiger partial charge < -0.3 is 45.2 Å². The molecule has 2 heterocycles. The van der Waals surface area contributed by atoms with Gasteiger partial charge in [-0.15, -0.1) is 0 Å². The van der Waals surface area contributed by atoms with Crippen LogP contribution in [-0.2, 0) is 54.3 Å². The number of carboxylic acid groups (broad SMARTS) is 1. The van der Waals surface area contributed by atoms with Crippen molar-refractivity contribution in [3.8, 4) is 0 Å². The number of hydrogen-bond acceptors (Lipinski definition) is 11. The molecule has 0 aliphatic carbocycles. The van der Waals surface area contributed by atoms with Crippen LogP contribution >= 0.6 is 0 Å². The molecule has 1 fully saturated rings. The molecule has 0 aromatic heterocycles. The molecule has 72 heavy (non-hydrogen) atoms. The zero-order chi connectivity index (χ0) is 53.7. The van der Waals surface area contributed by atoms with Crippen LogP contribution in [0.2, 0.25) is 0 Å². The zero-order valence-electron chi connectivity index (χ0n) is 43.4. The average Bonchev–Trinajstić information content (AvgIpc) is 3.97. The van der Waals surface area contributed by atoms with E-state index in [-0.39, 0.29) is 41.6 Å². The first kappa shape index (κ1) is 57.8. The summed E-state index contributed by atoms with van der Waals surface area (Å²) in [6, 6.07) is 8.41. The van der Waals surface area contributed by atoms with Crippen LogP contribution in [0.5, 0.6) is 0 Å². The summed E-state index contributed by atoms with van der Waals surface area (Å²) in [5.74, 6) is -7.62. The van der Waals surface area contributed by atoms with E-state index < -0.39 is 107 Å². The van der Waals surface area contributed by atoms with E-state index in [0.29, 0.717) is 25.8 Å². The molecule has 0 bridgehead atoms. The first-order valence-corrected chi connectivity index (χ1v) is 24.4. The van der Waals surface area contributed by atoms with Crippen molar-refractivity contribution in [2.45, 2.75) is 123 Å². The number of anilines is 2. The minimum Gasteiger partial charge on any atom is -0.480 e. The Bertz CT molecular complexity index is 2340. The van der Waals surface area contributed by atoms with Crippen molar-refractivity contribution < 1.29 is 57.7 Å². The first-order valence-electron chi connectivity index (χ1n) is 24.4. The molecule has 8 amide bonds. The molecule has 4 rings (SSSR count). The maximum absolute atomic E-state index is 14.8. The number of methoxy groups -OCH3 is 2. The standard InChI is InChI=1S/C53H73N7O12/c1-13-32(7)47(40(71-11)29-44(64)59-24-18-21-39(59)48(72-12)33(8)49(65)55-38(53(69)70)25-34-19-16-15-17-20-34)58(10)52(68)45(30(3)4)56-50(66)46(31(5)6)57(9)51(67)35-26-36(54-41(61)14-2)28-37(27-35)60-42(62)22-23-43(60)63/h14-17,19-20,22-23,26-28,30-33,38-40,45-48H,2,13,18,21,24-25,29H2,1,3-12H3,(H,54,61)(H,55,65)(H,56,66)(H,69,70)/t32-,33+,38-,39-,40+,45-,46?,47?,48+/m0/s1. The van der Waals surface area contributed by atoms with E-state index in [1.165, 1.54) is 49.3 Å². The second-order valence-corrected chi connectivity index (χ2v) is 19.3. The molecule has 0 saturated carbocycles. The number of hydrogen-bond donors (Lipinski definition) is 4. The van der Waals surface area contributed by atoms with Gasteiger partial charge in [-0.1, -0.05) is 91.8 Å². The number of amides is 8. The van der Waals surface area contributed by atoms with E-state index in [9.17, 15) is 48.3 Å². The molecule has 2 aromatic carbocycles. The summed E-state index contributed by atoms with van der Waals surface area (Å²) >= 11 is 0. The van der Waals surface area contributed by atoms with Crippen LogP contribution in [0.4, 0.5) is 11.4 Å². The number of imide groups is 1. The highest BCUT2D eigenvalue weighted by molar-refractivity contribution is 6.28. The lowest BCUT2D eigenvalue weighted by atomic mass is 9.89. The fourth-order valence-corrected chi connectivity index (χ4v) is 9.67. The lowest BCUT2D eigenvalue weighted by Gasteiger charge is -2.41. The number of carbonyl (C=O) groups is 9. The average molecular weight is 1000 g/mol. The van der Waals surface area contributed by atoms with Gasteiger partial charge in [-0.3, -0.25) is 38.4 Å². The second kappa shape index (κ2) is 26.1. The van der Waals surface area contributed by atoms with Crippen molar-refractivity contribution in [3.63, 3.8) is 0 Å². The van der Waals surface area contributed by atoms with Crippen LogP contribution in [0.25, 0.3) is 0 Å². The van der Waals surface area contributed by atoms with Crippen molar-refractivity contribution in [1.82, 2.24) is 25.3 Å². The van der Waals surface area contributed by atoms with E-state index in [4.69, 9.17) is 9.47 Å². The van der Waals surface area contributed by atoms with Crippen molar-refractivity contribution >= 4 is 64.6 Å². The molecule has 2 aliphatic heterocycles. The van der Waals surface area contributed by atoms with E-state index in [1.54, 1.807) is 70.8 Å². The number of carbonyl (C=O) groups excluding carboxylic acids is 8. The van der Waals surface area contributed by atoms with Gasteiger partial charge >= 0.3 is 5.97 Å². The maximum Gasteiger partial charge on any atom is 0.326 e. The molecule has 1 saturated heterocycles. The van der Waals surface area contributed by atoms with Gasteiger partial charge in [0.05, 0.1) is 42.3 Å². The number of ether oxygens (including phenoxy) is 2. The van der Waals surface area contributed by atoms with Gasteiger partial charge in [0.15, 0.2) is 0 Å². The molecule has 2 unspecified atom stereocenters. The van der Waals surface area contributed by atoms with Crippen LogP contribution in [0, 0.1) is 23.7 Å².